The van der Waals surface area contributed by atoms with Gasteiger partial charge in [0.2, 0.25) is 0 Å². The summed E-state index contributed by atoms with van der Waals surface area (Å²) in [6.07, 6.45) is 3.64. The lowest BCUT2D eigenvalue weighted by Gasteiger charge is -2.33. The molecule has 2 nitrogen and oxygen atoms in total. The Morgan fingerprint density at radius 1 is 0.812 bits per heavy atom. The SMILES string of the molecule is CC1CC(C)C(C)CC(C)CN(O)C(C)C1. The van der Waals surface area contributed by atoms with Crippen molar-refractivity contribution < 1.29 is 5.21 Å². The zero-order chi connectivity index (χ0) is 12.3. The number of hydroxylamine groups is 2. The first-order chi connectivity index (χ1) is 7.40. The van der Waals surface area contributed by atoms with Gasteiger partial charge in [-0.05, 0) is 49.9 Å². The Kier molecular flexibility index (Phi) is 5.26. The normalized spacial score (nSPS) is 44.2. The Morgan fingerprint density at radius 3 is 1.88 bits per heavy atom. The monoisotopic (exact) mass is 227 g/mol. The molecule has 1 fully saturated rings. The first-order valence-corrected chi connectivity index (χ1v) is 6.85. The van der Waals surface area contributed by atoms with Gasteiger partial charge in [-0.2, -0.15) is 5.06 Å². The van der Waals surface area contributed by atoms with Crippen LogP contribution in [0.3, 0.4) is 0 Å². The molecule has 1 saturated heterocycles. The van der Waals surface area contributed by atoms with Crippen molar-refractivity contribution in [1.29, 1.82) is 0 Å². The fourth-order valence-electron chi connectivity index (χ4n) is 3.11. The molecule has 0 amide bonds. The maximum absolute atomic E-state index is 9.97. The van der Waals surface area contributed by atoms with Crippen molar-refractivity contribution in [1.82, 2.24) is 5.06 Å². The predicted octanol–water partition coefficient (Wildman–Crippen LogP) is 3.79. The van der Waals surface area contributed by atoms with Gasteiger partial charge in [-0.25, -0.2) is 0 Å². The summed E-state index contributed by atoms with van der Waals surface area (Å²) in [6, 6.07) is 0.304. The summed E-state index contributed by atoms with van der Waals surface area (Å²) in [7, 11) is 0. The first kappa shape index (κ1) is 14.0. The molecule has 1 N–H and O–H groups in total. The molecule has 0 spiro atoms. The molecule has 0 aromatic carbocycles. The highest BCUT2D eigenvalue weighted by Gasteiger charge is 2.24. The topological polar surface area (TPSA) is 23.5 Å². The molecule has 96 valence electrons. The second kappa shape index (κ2) is 6.02. The summed E-state index contributed by atoms with van der Waals surface area (Å²) in [5.74, 6) is 2.91. The zero-order valence-electron chi connectivity index (χ0n) is 11.6. The van der Waals surface area contributed by atoms with E-state index in [2.05, 4.69) is 34.6 Å². The van der Waals surface area contributed by atoms with Gasteiger partial charge >= 0.3 is 0 Å². The van der Waals surface area contributed by atoms with Crippen molar-refractivity contribution in [2.75, 3.05) is 6.54 Å². The highest BCUT2D eigenvalue weighted by molar-refractivity contribution is 4.74. The lowest BCUT2D eigenvalue weighted by Crippen LogP contribution is -2.36. The van der Waals surface area contributed by atoms with E-state index >= 15 is 0 Å². The van der Waals surface area contributed by atoms with Crippen LogP contribution in [0.4, 0.5) is 0 Å². The van der Waals surface area contributed by atoms with Crippen molar-refractivity contribution >= 4 is 0 Å². The highest BCUT2D eigenvalue weighted by atomic mass is 16.5. The Hall–Kier alpha value is -0.0800. The zero-order valence-corrected chi connectivity index (χ0v) is 11.6. The molecule has 0 bridgehead atoms. The molecule has 5 atom stereocenters. The molecule has 1 aliphatic heterocycles. The number of hydrogen-bond donors (Lipinski definition) is 1. The van der Waals surface area contributed by atoms with E-state index in [-0.39, 0.29) is 0 Å². The summed E-state index contributed by atoms with van der Waals surface area (Å²) in [5.41, 5.74) is 0. The Bertz CT molecular complexity index is 165. The molecular formula is C14H29NO. The van der Waals surface area contributed by atoms with Crippen LogP contribution in [0.5, 0.6) is 0 Å². The van der Waals surface area contributed by atoms with Gasteiger partial charge in [0.15, 0.2) is 0 Å². The summed E-state index contributed by atoms with van der Waals surface area (Å²) >= 11 is 0. The van der Waals surface area contributed by atoms with Crippen LogP contribution in [0.2, 0.25) is 0 Å². The lowest BCUT2D eigenvalue weighted by atomic mass is 9.80. The van der Waals surface area contributed by atoms with Crippen LogP contribution in [-0.2, 0) is 0 Å². The second-order valence-corrected chi connectivity index (χ2v) is 6.34. The number of hydrogen-bond acceptors (Lipinski definition) is 2. The third-order valence-electron chi connectivity index (χ3n) is 4.27. The van der Waals surface area contributed by atoms with Gasteiger partial charge in [0.25, 0.3) is 0 Å². The quantitative estimate of drug-likeness (QED) is 0.680. The maximum atomic E-state index is 9.97. The molecule has 1 heterocycles. The van der Waals surface area contributed by atoms with Crippen LogP contribution in [-0.4, -0.2) is 22.9 Å². The lowest BCUT2D eigenvalue weighted by molar-refractivity contribution is -0.137. The summed E-state index contributed by atoms with van der Waals surface area (Å²) in [5, 5.41) is 11.5. The van der Waals surface area contributed by atoms with E-state index in [1.165, 1.54) is 12.8 Å². The van der Waals surface area contributed by atoms with Crippen LogP contribution in [0.1, 0.15) is 53.9 Å². The summed E-state index contributed by atoms with van der Waals surface area (Å²) < 4.78 is 0. The molecule has 0 radical (unpaired) electrons. The number of rotatable bonds is 0. The van der Waals surface area contributed by atoms with Crippen molar-refractivity contribution in [2.45, 2.75) is 59.9 Å². The first-order valence-electron chi connectivity index (χ1n) is 6.85. The van der Waals surface area contributed by atoms with E-state index in [1.807, 2.05) is 0 Å². The third kappa shape index (κ3) is 4.06. The Balaban J connectivity index is 2.65. The fourth-order valence-corrected chi connectivity index (χ4v) is 3.11. The molecule has 0 saturated carbocycles. The minimum absolute atomic E-state index is 0.304. The predicted molar refractivity (Wildman–Crippen MR) is 68.5 cm³/mol. The smallest absolute Gasteiger partial charge is 0.0324 e. The molecule has 2 heteroatoms. The third-order valence-corrected chi connectivity index (χ3v) is 4.27. The van der Waals surface area contributed by atoms with Crippen LogP contribution in [0.15, 0.2) is 0 Å². The van der Waals surface area contributed by atoms with Gasteiger partial charge in [0.05, 0.1) is 0 Å². The minimum Gasteiger partial charge on any atom is -0.314 e. The van der Waals surface area contributed by atoms with Crippen molar-refractivity contribution in [2.24, 2.45) is 23.7 Å². The van der Waals surface area contributed by atoms with E-state index in [0.29, 0.717) is 12.0 Å². The van der Waals surface area contributed by atoms with Gasteiger partial charge in [-0.15, -0.1) is 0 Å². The summed E-state index contributed by atoms with van der Waals surface area (Å²) in [6.45, 7) is 12.3. The van der Waals surface area contributed by atoms with Crippen LogP contribution in [0, 0.1) is 23.7 Å². The average Bonchev–Trinajstić information content (AvgIpc) is 2.15. The van der Waals surface area contributed by atoms with E-state index in [1.54, 1.807) is 5.06 Å². The highest BCUT2D eigenvalue weighted by Crippen LogP contribution is 2.29. The maximum Gasteiger partial charge on any atom is 0.0324 e. The van der Waals surface area contributed by atoms with Crippen molar-refractivity contribution in [3.63, 3.8) is 0 Å². The van der Waals surface area contributed by atoms with Gasteiger partial charge in [0.1, 0.15) is 0 Å². The van der Waals surface area contributed by atoms with Crippen molar-refractivity contribution in [3.05, 3.63) is 0 Å². The van der Waals surface area contributed by atoms with E-state index in [9.17, 15) is 5.21 Å². The fraction of sp³-hybridized carbons (Fsp3) is 1.00. The molecule has 1 aliphatic rings. The van der Waals surface area contributed by atoms with E-state index < -0.39 is 0 Å². The molecule has 0 aliphatic carbocycles. The van der Waals surface area contributed by atoms with E-state index in [0.717, 1.165) is 30.7 Å². The van der Waals surface area contributed by atoms with Gasteiger partial charge < -0.3 is 5.21 Å². The largest absolute Gasteiger partial charge is 0.314 e. The molecule has 1 rings (SSSR count). The second-order valence-electron chi connectivity index (χ2n) is 6.34. The van der Waals surface area contributed by atoms with Gasteiger partial charge in [-0.3, -0.25) is 0 Å². The number of nitrogens with zero attached hydrogens (tertiary/aromatic N) is 1. The Labute approximate surface area is 101 Å². The molecular weight excluding hydrogens is 198 g/mol. The minimum atomic E-state index is 0.304. The molecule has 16 heavy (non-hydrogen) atoms. The van der Waals surface area contributed by atoms with Crippen LogP contribution >= 0.6 is 0 Å². The van der Waals surface area contributed by atoms with Gasteiger partial charge in [0, 0.05) is 12.6 Å². The van der Waals surface area contributed by atoms with Crippen molar-refractivity contribution in [3.8, 4) is 0 Å². The molecule has 0 aromatic rings. The average molecular weight is 227 g/mol. The van der Waals surface area contributed by atoms with Crippen LogP contribution < -0.4 is 0 Å². The Morgan fingerprint density at radius 2 is 1.31 bits per heavy atom. The van der Waals surface area contributed by atoms with E-state index in [4.69, 9.17) is 0 Å². The van der Waals surface area contributed by atoms with Crippen LogP contribution in [0.25, 0.3) is 0 Å². The molecule has 0 aromatic heterocycles. The summed E-state index contributed by atoms with van der Waals surface area (Å²) in [4.78, 5) is 0. The van der Waals surface area contributed by atoms with Gasteiger partial charge in [-0.1, -0.05) is 27.7 Å². The standard InChI is InChI=1S/C14H29NO/c1-10-6-12(3)13(4)7-11(2)9-15(16)14(5)8-10/h10-14,16H,6-9H2,1-5H3. The molecule has 5 unspecified atom stereocenters.